The van der Waals surface area contributed by atoms with Crippen molar-refractivity contribution in [3.63, 3.8) is 0 Å². The van der Waals surface area contributed by atoms with E-state index in [-0.39, 0.29) is 11.9 Å². The average Bonchev–Trinajstić information content (AvgIpc) is 3.38. The highest BCUT2D eigenvalue weighted by molar-refractivity contribution is 5.82. The maximum atomic E-state index is 12.8. The molecule has 2 aliphatic heterocycles. The summed E-state index contributed by atoms with van der Waals surface area (Å²) in [4.78, 5) is 16.7. The summed E-state index contributed by atoms with van der Waals surface area (Å²) in [7, 11) is 0. The summed E-state index contributed by atoms with van der Waals surface area (Å²) in [5.74, 6) is 0.837. The predicted molar refractivity (Wildman–Crippen MR) is 94.5 cm³/mol. The van der Waals surface area contributed by atoms with Crippen LogP contribution in [0.4, 0.5) is 13.2 Å². The van der Waals surface area contributed by atoms with Crippen molar-refractivity contribution in [2.24, 2.45) is 5.92 Å². The molecule has 2 saturated heterocycles. The van der Waals surface area contributed by atoms with Crippen LogP contribution in [0.25, 0.3) is 0 Å². The van der Waals surface area contributed by atoms with Crippen molar-refractivity contribution in [3.05, 3.63) is 35.4 Å². The molecule has 27 heavy (non-hydrogen) atoms. The van der Waals surface area contributed by atoms with Crippen molar-refractivity contribution in [3.8, 4) is 0 Å². The Bertz CT molecular complexity index is 684. The minimum atomic E-state index is -4.32. The normalized spacial score (nSPS) is 27.1. The van der Waals surface area contributed by atoms with Gasteiger partial charge in [0, 0.05) is 38.8 Å². The number of hydrogen-bond donors (Lipinski definition) is 2. The van der Waals surface area contributed by atoms with Crippen LogP contribution in [0.15, 0.2) is 24.3 Å². The first-order chi connectivity index (χ1) is 12.9. The molecule has 0 radical (unpaired) electrons. The number of nitrogens with zero attached hydrogens (tertiary/aromatic N) is 2. The van der Waals surface area contributed by atoms with Crippen molar-refractivity contribution in [2.75, 3.05) is 26.2 Å². The molecule has 1 aromatic rings. The van der Waals surface area contributed by atoms with Crippen LogP contribution in [-0.2, 0) is 17.5 Å². The number of hydrazine groups is 1. The molecule has 0 spiro atoms. The smallest absolute Gasteiger partial charge is 0.339 e. The minimum absolute atomic E-state index is 0.129. The van der Waals surface area contributed by atoms with Crippen LogP contribution in [0.5, 0.6) is 0 Å². The van der Waals surface area contributed by atoms with Crippen LogP contribution in [0.2, 0.25) is 0 Å². The Morgan fingerprint density at radius 2 is 1.85 bits per heavy atom. The summed E-state index contributed by atoms with van der Waals surface area (Å²) in [6, 6.07) is 5.72. The van der Waals surface area contributed by atoms with Crippen LogP contribution in [0.3, 0.4) is 0 Å². The summed E-state index contributed by atoms with van der Waals surface area (Å²) in [5.41, 5.74) is 6.42. The Morgan fingerprint density at radius 1 is 1.11 bits per heavy atom. The molecular formula is C19H25F3N4O. The molecule has 2 atom stereocenters. The number of halogens is 3. The van der Waals surface area contributed by atoms with E-state index in [2.05, 4.69) is 15.8 Å². The molecule has 3 fully saturated rings. The van der Waals surface area contributed by atoms with Gasteiger partial charge in [-0.15, -0.1) is 0 Å². The van der Waals surface area contributed by atoms with Gasteiger partial charge in [-0.1, -0.05) is 18.2 Å². The molecule has 0 bridgehead atoms. The Labute approximate surface area is 156 Å². The number of hydrogen-bond acceptors (Lipinski definition) is 4. The van der Waals surface area contributed by atoms with E-state index in [9.17, 15) is 18.0 Å². The molecule has 0 aromatic heterocycles. The predicted octanol–water partition coefficient (Wildman–Crippen LogP) is 1.99. The van der Waals surface area contributed by atoms with Crippen molar-refractivity contribution < 1.29 is 18.0 Å². The van der Waals surface area contributed by atoms with Gasteiger partial charge in [0.2, 0.25) is 5.91 Å². The number of benzene rings is 1. The van der Waals surface area contributed by atoms with Crippen molar-refractivity contribution in [2.45, 2.75) is 44.1 Å². The van der Waals surface area contributed by atoms with Gasteiger partial charge in [-0.25, -0.2) is 5.43 Å². The van der Waals surface area contributed by atoms with Crippen molar-refractivity contribution >= 4 is 5.91 Å². The fraction of sp³-hybridized carbons (Fsp3) is 0.632. The third-order valence-corrected chi connectivity index (χ3v) is 5.77. The highest BCUT2D eigenvalue weighted by atomic mass is 19.4. The molecule has 2 unspecified atom stereocenters. The SMILES string of the molecule is O=C(C1CC(C2CC2)NN1)N1CCN(Cc2cccc(C(F)(F)F)c2)CC1. The molecule has 3 aliphatic rings. The number of carbonyl (C=O) groups is 1. The number of amides is 1. The summed E-state index contributed by atoms with van der Waals surface area (Å²) in [6.45, 7) is 3.05. The Morgan fingerprint density at radius 3 is 2.52 bits per heavy atom. The summed E-state index contributed by atoms with van der Waals surface area (Å²) < 4.78 is 38.5. The number of nitrogens with one attached hydrogen (secondary N) is 2. The van der Waals surface area contributed by atoms with E-state index < -0.39 is 11.7 Å². The second-order valence-electron chi connectivity index (χ2n) is 7.82. The van der Waals surface area contributed by atoms with Gasteiger partial charge >= 0.3 is 6.18 Å². The largest absolute Gasteiger partial charge is 0.416 e. The average molecular weight is 382 g/mol. The van der Waals surface area contributed by atoms with Crippen LogP contribution in [0, 0.1) is 5.92 Å². The number of rotatable bonds is 4. The molecule has 1 saturated carbocycles. The highest BCUT2D eigenvalue weighted by Crippen LogP contribution is 2.36. The molecule has 2 heterocycles. The zero-order valence-corrected chi connectivity index (χ0v) is 15.1. The summed E-state index contributed by atoms with van der Waals surface area (Å²) in [6.07, 6.45) is -0.987. The molecule has 1 aliphatic carbocycles. The van der Waals surface area contributed by atoms with Crippen LogP contribution in [-0.4, -0.2) is 54.0 Å². The van der Waals surface area contributed by atoms with Gasteiger partial charge in [0.15, 0.2) is 0 Å². The van der Waals surface area contributed by atoms with Gasteiger partial charge < -0.3 is 4.90 Å². The fourth-order valence-corrected chi connectivity index (χ4v) is 4.00. The van der Waals surface area contributed by atoms with Gasteiger partial charge in [0.25, 0.3) is 0 Å². The molecule has 5 nitrogen and oxygen atoms in total. The molecule has 2 N–H and O–H groups in total. The Balaban J connectivity index is 1.27. The topological polar surface area (TPSA) is 47.6 Å². The number of piperazine rings is 1. The lowest BCUT2D eigenvalue weighted by Crippen LogP contribution is -2.53. The lowest BCUT2D eigenvalue weighted by atomic mass is 10.1. The summed E-state index contributed by atoms with van der Waals surface area (Å²) >= 11 is 0. The Hall–Kier alpha value is -1.64. The maximum absolute atomic E-state index is 12.8. The second-order valence-corrected chi connectivity index (χ2v) is 7.82. The molecule has 8 heteroatoms. The number of carbonyl (C=O) groups excluding carboxylic acids is 1. The minimum Gasteiger partial charge on any atom is -0.339 e. The molecule has 148 valence electrons. The molecule has 4 rings (SSSR count). The van der Waals surface area contributed by atoms with Gasteiger partial charge in [0.05, 0.1) is 5.56 Å². The molecule has 1 amide bonds. The highest BCUT2D eigenvalue weighted by Gasteiger charge is 2.40. The fourth-order valence-electron chi connectivity index (χ4n) is 4.00. The first kappa shape index (κ1) is 18.7. The van der Waals surface area contributed by atoms with Gasteiger partial charge in [0.1, 0.15) is 6.04 Å². The van der Waals surface area contributed by atoms with Crippen LogP contribution < -0.4 is 10.9 Å². The van der Waals surface area contributed by atoms with E-state index >= 15 is 0 Å². The van der Waals surface area contributed by atoms with E-state index in [1.54, 1.807) is 6.07 Å². The lowest BCUT2D eigenvalue weighted by molar-refractivity contribution is -0.138. The first-order valence-corrected chi connectivity index (χ1v) is 9.58. The van der Waals surface area contributed by atoms with E-state index in [1.165, 1.54) is 25.0 Å². The van der Waals surface area contributed by atoms with Crippen LogP contribution >= 0.6 is 0 Å². The zero-order valence-electron chi connectivity index (χ0n) is 15.1. The maximum Gasteiger partial charge on any atom is 0.416 e. The quantitative estimate of drug-likeness (QED) is 0.836. The third kappa shape index (κ3) is 4.44. The van der Waals surface area contributed by atoms with E-state index in [0.29, 0.717) is 50.2 Å². The number of alkyl halides is 3. The zero-order chi connectivity index (χ0) is 19.0. The van der Waals surface area contributed by atoms with E-state index in [4.69, 9.17) is 0 Å². The van der Waals surface area contributed by atoms with Crippen molar-refractivity contribution in [1.29, 1.82) is 0 Å². The Kier molecular flexibility index (Phi) is 5.13. The third-order valence-electron chi connectivity index (χ3n) is 5.77. The lowest BCUT2D eigenvalue weighted by Gasteiger charge is -2.36. The standard InChI is InChI=1S/C19H25F3N4O/c20-19(21,22)15-3-1-2-13(10-15)12-25-6-8-26(9-7-25)18(27)17-11-16(23-24-17)14-4-5-14/h1-3,10,14,16-17,23-24H,4-9,11-12H2. The van der Waals surface area contributed by atoms with Gasteiger partial charge in [-0.05, 0) is 36.8 Å². The molecule has 1 aromatic carbocycles. The van der Waals surface area contributed by atoms with Gasteiger partial charge in [-0.3, -0.25) is 15.1 Å². The van der Waals surface area contributed by atoms with Crippen LogP contribution in [0.1, 0.15) is 30.4 Å². The monoisotopic (exact) mass is 382 g/mol. The van der Waals surface area contributed by atoms with Crippen molar-refractivity contribution in [1.82, 2.24) is 20.7 Å². The summed E-state index contributed by atoms with van der Waals surface area (Å²) in [5, 5.41) is 0. The van der Waals surface area contributed by atoms with Gasteiger partial charge in [-0.2, -0.15) is 13.2 Å². The van der Waals surface area contributed by atoms with E-state index in [0.717, 1.165) is 12.5 Å². The second kappa shape index (κ2) is 7.41. The first-order valence-electron chi connectivity index (χ1n) is 9.58. The van der Waals surface area contributed by atoms with E-state index in [1.807, 2.05) is 4.90 Å². The molecular weight excluding hydrogens is 357 g/mol.